The second-order valence-corrected chi connectivity index (χ2v) is 21.0. The standard InChI is InChI=1S/C40H50O9S3/c41-39(47-31-16-6-1-7-17-31)30-38(40(42)48-32-18-8-2-9-19-32)52(45,46)49-50(33-20-10-3-11-21-33,34-22-12-4-13-23-34)35-26-28-37(29-27-35)51(43,44)36-24-14-5-15-25-36/h3-4,10-13,20-23,26-29,31-32,36,38H,1-2,5-9,14-19,24-25,30H2. The number of benzene rings is 3. The molecular formula is C40H50O9S3. The first-order valence-corrected chi connectivity index (χ1v) is 23.3. The first-order valence-electron chi connectivity index (χ1n) is 18.7. The van der Waals surface area contributed by atoms with E-state index in [1.54, 1.807) is 72.8 Å². The Morgan fingerprint density at radius 2 is 0.962 bits per heavy atom. The van der Waals surface area contributed by atoms with Crippen molar-refractivity contribution in [2.24, 2.45) is 0 Å². The number of ether oxygens (including phenoxy) is 2. The normalized spacial score (nSPS) is 19.4. The van der Waals surface area contributed by atoms with Crippen LogP contribution in [0.5, 0.6) is 0 Å². The molecule has 0 aliphatic heterocycles. The monoisotopic (exact) mass is 770 g/mol. The molecule has 0 N–H and O–H groups in total. The van der Waals surface area contributed by atoms with Crippen LogP contribution >= 0.6 is 10.3 Å². The van der Waals surface area contributed by atoms with Crippen LogP contribution in [-0.2, 0) is 42.6 Å². The van der Waals surface area contributed by atoms with E-state index in [0.717, 1.165) is 57.8 Å². The zero-order valence-electron chi connectivity index (χ0n) is 29.6. The van der Waals surface area contributed by atoms with Crippen LogP contribution in [0.15, 0.2) is 105 Å². The van der Waals surface area contributed by atoms with Gasteiger partial charge in [-0.1, -0.05) is 68.5 Å². The van der Waals surface area contributed by atoms with Crippen molar-refractivity contribution in [2.75, 3.05) is 0 Å². The van der Waals surface area contributed by atoms with Gasteiger partial charge in [0, 0.05) is 14.7 Å². The molecule has 3 aromatic rings. The van der Waals surface area contributed by atoms with E-state index < -0.39 is 65.2 Å². The Labute approximate surface area is 310 Å². The Morgan fingerprint density at radius 3 is 1.46 bits per heavy atom. The fraction of sp³-hybridized carbons (Fsp3) is 0.500. The van der Waals surface area contributed by atoms with Gasteiger partial charge in [-0.25, -0.2) is 12.0 Å². The predicted octanol–water partition coefficient (Wildman–Crippen LogP) is 8.85. The fourth-order valence-electron chi connectivity index (χ4n) is 7.62. The van der Waals surface area contributed by atoms with Crippen LogP contribution in [0.4, 0.5) is 0 Å². The summed E-state index contributed by atoms with van der Waals surface area (Å²) in [5.41, 5.74) is 0. The largest absolute Gasteiger partial charge is 0.462 e. The highest BCUT2D eigenvalue weighted by Crippen LogP contribution is 2.70. The third kappa shape index (κ3) is 8.94. The average Bonchev–Trinajstić information content (AvgIpc) is 3.18. The van der Waals surface area contributed by atoms with E-state index in [4.69, 9.17) is 13.1 Å². The summed E-state index contributed by atoms with van der Waals surface area (Å²) in [5, 5.41) is -2.44. The Bertz CT molecular complexity index is 1810. The molecule has 3 aromatic carbocycles. The molecule has 1 unspecified atom stereocenters. The molecule has 6 rings (SSSR count). The molecule has 3 aliphatic rings. The number of rotatable bonds is 13. The van der Waals surface area contributed by atoms with Gasteiger partial charge in [0.2, 0.25) is 0 Å². The summed E-state index contributed by atoms with van der Waals surface area (Å²) < 4.78 is 75.0. The minimum Gasteiger partial charge on any atom is -0.462 e. The minimum atomic E-state index is -4.92. The van der Waals surface area contributed by atoms with E-state index in [9.17, 15) is 26.4 Å². The van der Waals surface area contributed by atoms with Crippen LogP contribution in [0.1, 0.15) is 103 Å². The summed E-state index contributed by atoms with van der Waals surface area (Å²) in [7, 11) is -11.7. The number of hydrogen-bond acceptors (Lipinski definition) is 9. The molecular weight excluding hydrogens is 721 g/mol. The van der Waals surface area contributed by atoms with Gasteiger partial charge in [-0.3, -0.25) is 9.59 Å². The van der Waals surface area contributed by atoms with E-state index in [0.29, 0.717) is 53.2 Å². The van der Waals surface area contributed by atoms with Crippen molar-refractivity contribution in [3.05, 3.63) is 84.9 Å². The van der Waals surface area contributed by atoms with Crippen molar-refractivity contribution < 1.29 is 39.5 Å². The lowest BCUT2D eigenvalue weighted by molar-refractivity contribution is -0.157. The first-order chi connectivity index (χ1) is 25.1. The van der Waals surface area contributed by atoms with Crippen LogP contribution in [0, 0.1) is 0 Å². The minimum absolute atomic E-state index is 0.167. The number of sulfone groups is 1. The van der Waals surface area contributed by atoms with Crippen molar-refractivity contribution in [3.63, 3.8) is 0 Å². The molecule has 1 atom stereocenters. The maximum atomic E-state index is 14.8. The van der Waals surface area contributed by atoms with Gasteiger partial charge in [0.25, 0.3) is 10.1 Å². The smallest absolute Gasteiger partial charge is 0.327 e. The van der Waals surface area contributed by atoms with E-state index in [1.807, 2.05) is 0 Å². The maximum absolute atomic E-state index is 14.8. The highest BCUT2D eigenvalue weighted by molar-refractivity contribution is 8.33. The Morgan fingerprint density at radius 1 is 0.538 bits per heavy atom. The third-order valence-corrected chi connectivity index (χ3v) is 18.2. The number of carbonyl (C=O) groups excluding carboxylic acids is 2. The van der Waals surface area contributed by atoms with Gasteiger partial charge in [0.15, 0.2) is 15.1 Å². The maximum Gasteiger partial charge on any atom is 0.327 e. The van der Waals surface area contributed by atoms with Gasteiger partial charge >= 0.3 is 11.9 Å². The second kappa shape index (κ2) is 17.3. The third-order valence-electron chi connectivity index (χ3n) is 10.5. The molecule has 0 heterocycles. The number of esters is 2. The highest BCUT2D eigenvalue weighted by atomic mass is 32.3. The SMILES string of the molecule is O=C(CC(C(=O)OC1CCCCC1)S(=O)(=O)OS(c1ccccc1)(c1ccccc1)c1ccc(S(=O)(=O)C2CCCCC2)cc1)OC1CCCCC1. The molecule has 12 heteroatoms. The van der Waals surface area contributed by atoms with Crippen molar-refractivity contribution >= 4 is 42.2 Å². The molecule has 0 aromatic heterocycles. The van der Waals surface area contributed by atoms with Gasteiger partial charge < -0.3 is 9.47 Å². The van der Waals surface area contributed by atoms with Gasteiger partial charge in [-0.15, -0.1) is 0 Å². The van der Waals surface area contributed by atoms with Gasteiger partial charge in [0.05, 0.1) is 16.6 Å². The molecule has 0 bridgehead atoms. The van der Waals surface area contributed by atoms with Gasteiger partial charge in [0.1, 0.15) is 12.2 Å². The topological polar surface area (TPSA) is 130 Å². The van der Waals surface area contributed by atoms with Crippen molar-refractivity contribution in [2.45, 2.75) is 145 Å². The van der Waals surface area contributed by atoms with Crippen LogP contribution in [0.2, 0.25) is 0 Å². The van der Waals surface area contributed by atoms with Crippen LogP contribution in [0.3, 0.4) is 0 Å². The molecule has 3 aliphatic carbocycles. The highest BCUT2D eigenvalue weighted by Gasteiger charge is 2.46. The molecule has 0 spiro atoms. The van der Waals surface area contributed by atoms with E-state index in [-0.39, 0.29) is 11.0 Å². The molecule has 282 valence electrons. The van der Waals surface area contributed by atoms with E-state index in [2.05, 4.69) is 0 Å². The quantitative estimate of drug-likeness (QED) is 0.157. The Kier molecular flexibility index (Phi) is 12.8. The van der Waals surface area contributed by atoms with Crippen LogP contribution < -0.4 is 0 Å². The van der Waals surface area contributed by atoms with Crippen molar-refractivity contribution in [3.8, 4) is 0 Å². The summed E-state index contributed by atoms with van der Waals surface area (Å²) in [6.45, 7) is 0. The Hall–Kier alpha value is -3.19. The average molecular weight is 771 g/mol. The van der Waals surface area contributed by atoms with Crippen LogP contribution in [0.25, 0.3) is 0 Å². The lowest BCUT2D eigenvalue weighted by Gasteiger charge is -2.40. The molecule has 52 heavy (non-hydrogen) atoms. The molecule has 0 radical (unpaired) electrons. The summed E-state index contributed by atoms with van der Waals surface area (Å²) in [5.74, 6) is -1.82. The number of hydrogen-bond donors (Lipinski definition) is 0. The summed E-state index contributed by atoms with van der Waals surface area (Å²) in [4.78, 5) is 28.9. The lowest BCUT2D eigenvalue weighted by Crippen LogP contribution is -2.39. The van der Waals surface area contributed by atoms with Crippen molar-refractivity contribution in [1.82, 2.24) is 0 Å². The first kappa shape index (κ1) is 38.5. The molecule has 0 amide bonds. The molecule has 9 nitrogen and oxygen atoms in total. The Balaban J connectivity index is 1.42. The molecule has 3 saturated carbocycles. The molecule has 3 fully saturated rings. The molecule has 0 saturated heterocycles. The number of carbonyl (C=O) groups is 2. The van der Waals surface area contributed by atoms with Gasteiger partial charge in [-0.2, -0.15) is 8.42 Å². The lowest BCUT2D eigenvalue weighted by atomic mass is 9.98. The zero-order chi connectivity index (χ0) is 36.6. The van der Waals surface area contributed by atoms with Crippen LogP contribution in [-0.4, -0.2) is 51.5 Å². The summed E-state index contributed by atoms with van der Waals surface area (Å²) in [6.07, 6.45) is 10.6. The van der Waals surface area contributed by atoms with Crippen molar-refractivity contribution in [1.29, 1.82) is 0 Å². The summed E-state index contributed by atoms with van der Waals surface area (Å²) in [6, 6.07) is 24.0. The van der Waals surface area contributed by atoms with Gasteiger partial charge in [-0.05, 0) is 123 Å². The van der Waals surface area contributed by atoms with E-state index >= 15 is 0 Å². The zero-order valence-corrected chi connectivity index (χ0v) is 32.1. The van der Waals surface area contributed by atoms with E-state index in [1.165, 1.54) is 12.1 Å². The summed E-state index contributed by atoms with van der Waals surface area (Å²) >= 11 is 0. The second-order valence-electron chi connectivity index (χ2n) is 14.2. The fourth-order valence-corrected chi connectivity index (χ4v) is 15.0. The predicted molar refractivity (Wildman–Crippen MR) is 200 cm³/mol.